The summed E-state index contributed by atoms with van der Waals surface area (Å²) in [4.78, 5) is 26.6. The number of hydrogen-bond acceptors (Lipinski definition) is 6. The molecule has 5 aliphatic rings. The third-order valence-corrected chi connectivity index (χ3v) is 12.1. The first-order valence-corrected chi connectivity index (χ1v) is 15.4. The van der Waals surface area contributed by atoms with Crippen LogP contribution in [0.4, 0.5) is 4.79 Å². The molecule has 0 bridgehead atoms. The summed E-state index contributed by atoms with van der Waals surface area (Å²) in [7, 11) is 0. The predicted octanol–water partition coefficient (Wildman–Crippen LogP) is 3.88. The molecule has 3 N–H and O–H groups in total. The van der Waals surface area contributed by atoms with E-state index in [9.17, 15) is 14.7 Å². The summed E-state index contributed by atoms with van der Waals surface area (Å²) in [6.45, 7) is 9.74. The second-order valence-electron chi connectivity index (χ2n) is 13.7. The van der Waals surface area contributed by atoms with Gasteiger partial charge in [-0.2, -0.15) is 0 Å². The van der Waals surface area contributed by atoms with E-state index in [4.69, 9.17) is 9.15 Å². The molecule has 5 fully saturated rings. The highest BCUT2D eigenvalue weighted by atomic mass is 16.5. The van der Waals surface area contributed by atoms with Gasteiger partial charge in [-0.15, -0.1) is 0 Å². The van der Waals surface area contributed by atoms with Gasteiger partial charge in [0.15, 0.2) is 0 Å². The van der Waals surface area contributed by atoms with Crippen LogP contribution in [-0.2, 0) is 4.74 Å². The lowest BCUT2D eigenvalue weighted by Crippen LogP contribution is -2.62. The van der Waals surface area contributed by atoms with Crippen LogP contribution >= 0.6 is 0 Å². The summed E-state index contributed by atoms with van der Waals surface area (Å²) in [5.41, 5.74) is 0.0711. The molecule has 1 saturated heterocycles. The largest absolute Gasteiger partial charge is 0.431 e. The highest BCUT2D eigenvalue weighted by Crippen LogP contribution is 2.70. The molecule has 0 unspecified atom stereocenters. The van der Waals surface area contributed by atoms with Crippen LogP contribution in [0.15, 0.2) is 27.6 Å². The van der Waals surface area contributed by atoms with Crippen molar-refractivity contribution in [2.45, 2.75) is 89.2 Å². The Morgan fingerprint density at radius 2 is 1.87 bits per heavy atom. The fraction of sp³-hybridized carbons (Fsp3) is 0.806. The van der Waals surface area contributed by atoms with Crippen LogP contribution in [0.3, 0.4) is 0 Å². The van der Waals surface area contributed by atoms with Crippen LogP contribution in [0, 0.1) is 28.6 Å². The quantitative estimate of drug-likeness (QED) is 0.523. The van der Waals surface area contributed by atoms with Crippen molar-refractivity contribution in [2.24, 2.45) is 28.6 Å². The van der Waals surface area contributed by atoms with E-state index in [-0.39, 0.29) is 34.4 Å². The Morgan fingerprint density at radius 3 is 2.64 bits per heavy atom. The molecular weight excluding hydrogens is 494 g/mol. The highest BCUT2D eigenvalue weighted by Gasteiger charge is 2.67. The number of carbonyl (C=O) groups excluding carboxylic acids is 1. The van der Waals surface area contributed by atoms with Gasteiger partial charge in [0.2, 0.25) is 0 Å². The molecule has 1 aromatic heterocycles. The summed E-state index contributed by atoms with van der Waals surface area (Å²) in [6.07, 6.45) is 10.9. The van der Waals surface area contributed by atoms with E-state index in [0.717, 1.165) is 96.2 Å². The predicted molar refractivity (Wildman–Crippen MR) is 148 cm³/mol. The van der Waals surface area contributed by atoms with E-state index in [1.165, 1.54) is 6.07 Å². The Bertz CT molecular complexity index is 1080. The Balaban J connectivity index is 1.07. The Morgan fingerprint density at radius 1 is 1.05 bits per heavy atom. The number of nitrogens with one attached hydrogen (secondary N) is 2. The maximum atomic E-state index is 12.7. The van der Waals surface area contributed by atoms with Crippen LogP contribution in [0.1, 0.15) is 83.1 Å². The molecule has 8 heteroatoms. The third-order valence-electron chi connectivity index (χ3n) is 12.1. The van der Waals surface area contributed by atoms with Gasteiger partial charge < -0.3 is 24.9 Å². The van der Waals surface area contributed by atoms with E-state index in [2.05, 4.69) is 29.4 Å². The van der Waals surface area contributed by atoms with Crippen LogP contribution in [0.5, 0.6) is 0 Å². The zero-order valence-electron chi connectivity index (χ0n) is 23.8. The van der Waals surface area contributed by atoms with E-state index < -0.39 is 5.60 Å². The minimum absolute atomic E-state index is 0.0398. The molecule has 0 radical (unpaired) electrons. The number of morpholine rings is 1. The molecule has 6 rings (SSSR count). The molecular formula is C31H47N3O5. The van der Waals surface area contributed by atoms with E-state index >= 15 is 0 Å². The number of ether oxygens (including phenoxy) is 1. The fourth-order valence-electron chi connectivity index (χ4n) is 9.85. The molecule has 2 heterocycles. The monoisotopic (exact) mass is 541 g/mol. The van der Waals surface area contributed by atoms with Gasteiger partial charge in [-0.1, -0.05) is 13.8 Å². The first-order chi connectivity index (χ1) is 18.7. The Hall–Kier alpha value is -1.90. The molecule has 39 heavy (non-hydrogen) atoms. The van der Waals surface area contributed by atoms with Crippen molar-refractivity contribution in [1.82, 2.24) is 15.5 Å². The van der Waals surface area contributed by atoms with Crippen LogP contribution in [0.25, 0.3) is 0 Å². The van der Waals surface area contributed by atoms with Gasteiger partial charge in [0.25, 0.3) is 0 Å². The number of hydrogen-bond donors (Lipinski definition) is 3. The molecule has 4 saturated carbocycles. The number of aliphatic hydroxyl groups is 1. The van der Waals surface area contributed by atoms with Gasteiger partial charge in [-0.3, -0.25) is 4.90 Å². The zero-order valence-corrected chi connectivity index (χ0v) is 23.8. The van der Waals surface area contributed by atoms with Crippen molar-refractivity contribution >= 4 is 6.03 Å². The van der Waals surface area contributed by atoms with Crippen molar-refractivity contribution in [3.05, 3.63) is 34.4 Å². The van der Waals surface area contributed by atoms with Crippen molar-refractivity contribution in [1.29, 1.82) is 0 Å². The number of urea groups is 1. The van der Waals surface area contributed by atoms with Crippen LogP contribution < -0.4 is 16.3 Å². The molecule has 0 spiro atoms. The number of fused-ring (bicyclic) bond motifs is 5. The topological polar surface area (TPSA) is 104 Å². The minimum atomic E-state index is -0.680. The van der Waals surface area contributed by atoms with E-state index in [1.807, 2.05) is 6.07 Å². The lowest BCUT2D eigenvalue weighted by atomic mass is 9.43. The Labute approximate surface area is 232 Å². The number of nitrogens with zero attached hydrogens (tertiary/aromatic N) is 1. The molecule has 4 aliphatic carbocycles. The molecule has 8 nitrogen and oxygen atoms in total. The maximum absolute atomic E-state index is 12.7. The van der Waals surface area contributed by atoms with Crippen molar-refractivity contribution in [3.63, 3.8) is 0 Å². The first kappa shape index (κ1) is 27.3. The average Bonchev–Trinajstić information content (AvgIpc) is 3.21. The molecule has 0 aromatic carbocycles. The number of amides is 2. The Kier molecular flexibility index (Phi) is 7.34. The molecule has 1 aliphatic heterocycles. The van der Waals surface area contributed by atoms with Gasteiger partial charge in [0, 0.05) is 43.7 Å². The van der Waals surface area contributed by atoms with Gasteiger partial charge in [-0.25, -0.2) is 9.59 Å². The highest BCUT2D eigenvalue weighted by molar-refractivity contribution is 5.74. The van der Waals surface area contributed by atoms with Crippen LogP contribution in [0.2, 0.25) is 0 Å². The van der Waals surface area contributed by atoms with Gasteiger partial charge in [0.05, 0.1) is 25.1 Å². The number of rotatable bonds is 5. The zero-order chi connectivity index (χ0) is 27.3. The standard InChI is InChI=1S/C31H47N3O5/c1-29-10-7-23(33-28(36)32-13-14-34-15-17-38-18-16-34)19-22(29)4-5-26-25(29)8-11-30(2)24(9-12-31(26,30)37)21-3-6-27(35)39-20-21/h3,6,20,22-26,37H,4-5,7-19H2,1-2H3,(H2,32,33,36)/t22-,23+,24-,25+,26-,29+,30-,31+/m1/s1. The van der Waals surface area contributed by atoms with Crippen LogP contribution in [-0.4, -0.2) is 67.1 Å². The molecule has 216 valence electrons. The normalized spacial score (nSPS) is 42.2. The van der Waals surface area contributed by atoms with Gasteiger partial charge in [-0.05, 0) is 98.5 Å². The molecule has 8 atom stereocenters. The summed E-state index contributed by atoms with van der Waals surface area (Å²) in [5.74, 6) is 1.64. The lowest BCUT2D eigenvalue weighted by molar-refractivity contribution is -0.201. The average molecular weight is 542 g/mol. The van der Waals surface area contributed by atoms with Gasteiger partial charge in [0.1, 0.15) is 0 Å². The number of carbonyl (C=O) groups is 1. The fourth-order valence-corrected chi connectivity index (χ4v) is 9.85. The van der Waals surface area contributed by atoms with E-state index in [1.54, 1.807) is 6.26 Å². The first-order valence-electron chi connectivity index (χ1n) is 15.4. The summed E-state index contributed by atoms with van der Waals surface area (Å²) < 4.78 is 10.6. The van der Waals surface area contributed by atoms with Gasteiger partial charge >= 0.3 is 11.7 Å². The lowest BCUT2D eigenvalue weighted by Gasteiger charge is -2.63. The summed E-state index contributed by atoms with van der Waals surface area (Å²) >= 11 is 0. The minimum Gasteiger partial charge on any atom is -0.431 e. The second kappa shape index (κ2) is 10.5. The van der Waals surface area contributed by atoms with E-state index in [0.29, 0.717) is 24.3 Å². The van der Waals surface area contributed by atoms with Crippen molar-refractivity contribution in [3.8, 4) is 0 Å². The molecule has 1 aromatic rings. The SMILES string of the molecule is C[C@]12CC[C@H](NC(=O)NCCN3CCOCC3)C[C@H]1CC[C@@H]1[C@@H]2CC[C@]2(C)[C@@H](c3ccc(=O)oc3)CC[C@]12O. The van der Waals surface area contributed by atoms with Crippen molar-refractivity contribution < 1.29 is 19.1 Å². The summed E-state index contributed by atoms with van der Waals surface area (Å²) in [6, 6.07) is 3.61. The maximum Gasteiger partial charge on any atom is 0.335 e. The smallest absolute Gasteiger partial charge is 0.335 e. The second-order valence-corrected chi connectivity index (χ2v) is 13.7. The third kappa shape index (κ3) is 4.74. The molecule has 2 amide bonds. The van der Waals surface area contributed by atoms with Crippen molar-refractivity contribution in [2.75, 3.05) is 39.4 Å². The summed E-state index contributed by atoms with van der Waals surface area (Å²) in [5, 5.41) is 18.8.